The van der Waals surface area contributed by atoms with Crippen molar-refractivity contribution in [2.24, 2.45) is 5.41 Å². The molecular weight excluding hydrogens is 554 g/mol. The van der Waals surface area contributed by atoms with E-state index in [0.29, 0.717) is 0 Å². The Kier molecular flexibility index (Phi) is 13.9. The first kappa shape index (κ1) is 33.9. The Bertz CT molecular complexity index is 1200. The molecule has 226 valence electrons. The number of carboxylic acid groups (broad SMARTS) is 1. The highest BCUT2D eigenvalue weighted by molar-refractivity contribution is 7.86. The minimum Gasteiger partial charge on any atom is -0.479 e. The lowest BCUT2D eigenvalue weighted by molar-refractivity contribution is -0.168. The van der Waals surface area contributed by atoms with E-state index in [4.69, 9.17) is 18.4 Å². The molecule has 0 saturated carbocycles. The molecule has 0 aromatic heterocycles. The van der Waals surface area contributed by atoms with Crippen molar-refractivity contribution in [1.82, 2.24) is 5.32 Å². The van der Waals surface area contributed by atoms with Crippen LogP contribution in [-0.4, -0.2) is 69.1 Å². The smallest absolute Gasteiger partial charge is 0.333 e. The summed E-state index contributed by atoms with van der Waals surface area (Å²) in [5, 5.41) is 12.5. The Morgan fingerprint density at radius 2 is 1.54 bits per heavy atom. The van der Waals surface area contributed by atoms with Crippen LogP contribution in [0.1, 0.15) is 44.7 Å². The Labute approximate surface area is 241 Å². The molecule has 0 fully saturated rings. The van der Waals surface area contributed by atoms with Gasteiger partial charge < -0.3 is 24.6 Å². The van der Waals surface area contributed by atoms with Gasteiger partial charge in [0.15, 0.2) is 6.10 Å². The summed E-state index contributed by atoms with van der Waals surface area (Å²) in [6.07, 6.45) is -2.70. The quantitative estimate of drug-likeness (QED) is 0.141. The van der Waals surface area contributed by atoms with Crippen LogP contribution in [0.25, 0.3) is 0 Å². The zero-order chi connectivity index (χ0) is 30.3. The maximum Gasteiger partial charge on any atom is 0.333 e. The Morgan fingerprint density at radius 1 is 0.951 bits per heavy atom. The predicted octanol–water partition coefficient (Wildman–Crippen LogP) is 3.07. The van der Waals surface area contributed by atoms with Crippen LogP contribution in [0, 0.1) is 5.41 Å². The van der Waals surface area contributed by atoms with Gasteiger partial charge in [0.05, 0.1) is 31.7 Å². The van der Waals surface area contributed by atoms with Crippen LogP contribution in [-0.2, 0) is 56.1 Å². The van der Waals surface area contributed by atoms with Crippen LogP contribution in [0.15, 0.2) is 60.7 Å². The van der Waals surface area contributed by atoms with Crippen molar-refractivity contribution in [1.29, 1.82) is 0 Å². The fraction of sp³-hybridized carbons (Fsp3) is 0.483. The van der Waals surface area contributed by atoms with Crippen LogP contribution >= 0.6 is 0 Å². The van der Waals surface area contributed by atoms with E-state index in [-0.39, 0.29) is 51.7 Å². The summed E-state index contributed by atoms with van der Waals surface area (Å²) in [5.74, 6) is -2.66. The van der Waals surface area contributed by atoms with E-state index in [2.05, 4.69) is 5.32 Å². The third-order valence-electron chi connectivity index (χ3n) is 6.17. The van der Waals surface area contributed by atoms with E-state index in [9.17, 15) is 27.9 Å². The van der Waals surface area contributed by atoms with Gasteiger partial charge in [0.1, 0.15) is 6.61 Å². The van der Waals surface area contributed by atoms with Crippen molar-refractivity contribution in [3.8, 4) is 0 Å². The molecule has 1 amide bonds. The molecule has 0 aliphatic heterocycles. The number of hydrogen-bond donors (Lipinski definition) is 2. The normalized spacial score (nSPS) is 13.2. The van der Waals surface area contributed by atoms with Gasteiger partial charge in [-0.15, -0.1) is 0 Å². The number of benzene rings is 2. The molecule has 0 heterocycles. The van der Waals surface area contributed by atoms with Gasteiger partial charge in [0.2, 0.25) is 5.91 Å². The van der Waals surface area contributed by atoms with Gasteiger partial charge in [0, 0.05) is 25.3 Å². The summed E-state index contributed by atoms with van der Waals surface area (Å²) in [6.45, 7) is 4.13. The number of amides is 1. The number of carboxylic acids is 1. The summed E-state index contributed by atoms with van der Waals surface area (Å²) < 4.78 is 47.5. The number of carbonyl (C=O) groups is 3. The second kappa shape index (κ2) is 16.8. The van der Waals surface area contributed by atoms with Crippen LogP contribution < -0.4 is 5.32 Å². The van der Waals surface area contributed by atoms with Crippen molar-refractivity contribution in [3.63, 3.8) is 0 Å². The summed E-state index contributed by atoms with van der Waals surface area (Å²) in [5.41, 5.74) is 0.248. The number of esters is 1. The summed E-state index contributed by atoms with van der Waals surface area (Å²) in [6, 6.07) is 18.2. The standard InChI is InChI=1S/C29H39NO10S/c1-22(31)30-16-10-18-41(35,36)40-25(15-17-38-26(32)21-37-19-23-11-6-4-7-12-23)29(2,3)27(28(33)34)39-20-24-13-8-5-9-14-24/h4-9,11-14,25,27H,10,15-21H2,1-3H3,(H,30,31)(H,33,34)/t25?,27-/m0/s1. The highest BCUT2D eigenvalue weighted by atomic mass is 32.2. The Morgan fingerprint density at radius 3 is 2.10 bits per heavy atom. The topological polar surface area (TPSA) is 155 Å². The maximum atomic E-state index is 12.8. The molecule has 2 aromatic carbocycles. The van der Waals surface area contributed by atoms with E-state index in [1.165, 1.54) is 20.8 Å². The number of carbonyl (C=O) groups excluding carboxylic acids is 2. The molecule has 2 aromatic rings. The van der Waals surface area contributed by atoms with Crippen molar-refractivity contribution < 1.29 is 46.3 Å². The lowest BCUT2D eigenvalue weighted by Crippen LogP contribution is -2.49. The second-order valence-electron chi connectivity index (χ2n) is 10.0. The molecule has 0 saturated heterocycles. The molecule has 0 spiro atoms. The molecule has 0 radical (unpaired) electrons. The summed E-state index contributed by atoms with van der Waals surface area (Å²) >= 11 is 0. The third kappa shape index (κ3) is 12.8. The summed E-state index contributed by atoms with van der Waals surface area (Å²) in [4.78, 5) is 35.6. The fourth-order valence-electron chi connectivity index (χ4n) is 3.96. The molecule has 1 unspecified atom stereocenters. The lowest BCUT2D eigenvalue weighted by atomic mass is 9.79. The first-order chi connectivity index (χ1) is 19.4. The fourth-order valence-corrected chi connectivity index (χ4v) is 5.25. The van der Waals surface area contributed by atoms with Crippen molar-refractivity contribution in [2.75, 3.05) is 25.5 Å². The van der Waals surface area contributed by atoms with Gasteiger partial charge in [-0.3, -0.25) is 8.98 Å². The molecular formula is C29H39NO10S. The second-order valence-corrected chi connectivity index (χ2v) is 11.7. The average Bonchev–Trinajstić information content (AvgIpc) is 2.91. The maximum absolute atomic E-state index is 12.8. The minimum atomic E-state index is -4.15. The van der Waals surface area contributed by atoms with Gasteiger partial charge in [-0.1, -0.05) is 74.5 Å². The van der Waals surface area contributed by atoms with Crippen LogP contribution in [0.5, 0.6) is 0 Å². The third-order valence-corrected chi connectivity index (χ3v) is 7.49. The highest BCUT2D eigenvalue weighted by Gasteiger charge is 2.45. The summed E-state index contributed by atoms with van der Waals surface area (Å²) in [7, 11) is -4.15. The molecule has 41 heavy (non-hydrogen) atoms. The molecule has 2 N–H and O–H groups in total. The number of nitrogens with one attached hydrogen (secondary N) is 1. The molecule has 2 rings (SSSR count). The van der Waals surface area contributed by atoms with Crippen molar-refractivity contribution in [2.45, 2.75) is 59.0 Å². The molecule has 0 aliphatic carbocycles. The van der Waals surface area contributed by atoms with Gasteiger partial charge in [-0.05, 0) is 17.5 Å². The first-order valence-electron chi connectivity index (χ1n) is 13.2. The SMILES string of the molecule is CC(=O)NCCCS(=O)(=O)OC(CCOC(=O)COCc1ccccc1)C(C)(C)[C@@H](OCc1ccccc1)C(=O)O. The van der Waals surface area contributed by atoms with E-state index in [1.54, 1.807) is 24.3 Å². The zero-order valence-corrected chi connectivity index (χ0v) is 24.4. The van der Waals surface area contributed by atoms with Gasteiger partial charge in [-0.25, -0.2) is 9.59 Å². The van der Waals surface area contributed by atoms with Crippen LogP contribution in [0.2, 0.25) is 0 Å². The largest absolute Gasteiger partial charge is 0.479 e. The number of ether oxygens (including phenoxy) is 3. The first-order valence-corrected chi connectivity index (χ1v) is 14.8. The van der Waals surface area contributed by atoms with E-state index < -0.39 is 45.4 Å². The monoisotopic (exact) mass is 593 g/mol. The number of aliphatic carboxylic acids is 1. The van der Waals surface area contributed by atoms with E-state index in [1.807, 2.05) is 36.4 Å². The molecule has 11 nitrogen and oxygen atoms in total. The van der Waals surface area contributed by atoms with Crippen LogP contribution in [0.3, 0.4) is 0 Å². The van der Waals surface area contributed by atoms with Crippen molar-refractivity contribution in [3.05, 3.63) is 71.8 Å². The van der Waals surface area contributed by atoms with Gasteiger partial charge >= 0.3 is 11.9 Å². The molecule has 2 atom stereocenters. The minimum absolute atomic E-state index is 0.0227. The molecule has 0 aliphatic rings. The lowest BCUT2D eigenvalue weighted by Gasteiger charge is -2.37. The Balaban J connectivity index is 2.07. The van der Waals surface area contributed by atoms with Crippen LogP contribution in [0.4, 0.5) is 0 Å². The Hall–Kier alpha value is -3.32. The van der Waals surface area contributed by atoms with Gasteiger partial charge in [-0.2, -0.15) is 8.42 Å². The van der Waals surface area contributed by atoms with Crippen molar-refractivity contribution >= 4 is 28.0 Å². The van der Waals surface area contributed by atoms with Gasteiger partial charge in [0.25, 0.3) is 10.1 Å². The highest BCUT2D eigenvalue weighted by Crippen LogP contribution is 2.34. The van der Waals surface area contributed by atoms with E-state index in [0.717, 1.165) is 11.1 Å². The predicted molar refractivity (Wildman–Crippen MR) is 150 cm³/mol. The number of hydrogen-bond acceptors (Lipinski definition) is 9. The molecule has 0 bridgehead atoms. The number of rotatable bonds is 19. The zero-order valence-electron chi connectivity index (χ0n) is 23.6. The molecule has 12 heteroatoms. The van der Waals surface area contributed by atoms with E-state index >= 15 is 0 Å². The average molecular weight is 594 g/mol.